The molecular formula is C24H24N2O5S. The van der Waals surface area contributed by atoms with E-state index in [9.17, 15) is 13.2 Å². The Morgan fingerprint density at radius 2 is 1.88 bits per heavy atom. The highest BCUT2D eigenvalue weighted by molar-refractivity contribution is 7.90. The molecule has 1 aliphatic heterocycles. The fraction of sp³-hybridized carbons (Fsp3) is 0.208. The predicted molar refractivity (Wildman–Crippen MR) is 121 cm³/mol. The molecule has 32 heavy (non-hydrogen) atoms. The van der Waals surface area contributed by atoms with Gasteiger partial charge in [-0.3, -0.25) is 4.79 Å². The lowest BCUT2D eigenvalue weighted by atomic mass is 10.1. The van der Waals surface area contributed by atoms with Crippen molar-refractivity contribution in [3.63, 3.8) is 0 Å². The summed E-state index contributed by atoms with van der Waals surface area (Å²) in [6, 6.07) is 18.0. The van der Waals surface area contributed by atoms with Gasteiger partial charge in [0.2, 0.25) is 0 Å². The number of hydroxylamine groups is 1. The summed E-state index contributed by atoms with van der Waals surface area (Å²) in [4.78, 5) is 17.4. The number of amides is 1. The third kappa shape index (κ3) is 5.34. The van der Waals surface area contributed by atoms with Gasteiger partial charge in [0.1, 0.15) is 0 Å². The fourth-order valence-corrected chi connectivity index (χ4v) is 4.61. The number of ether oxygens (including phenoxy) is 1. The maximum absolute atomic E-state index is 13.1. The van der Waals surface area contributed by atoms with Gasteiger partial charge in [-0.25, -0.2) is 22.7 Å². The molecule has 2 aromatic carbocycles. The number of hydrogen-bond acceptors (Lipinski definition) is 5. The molecule has 0 spiro atoms. The molecule has 7 nitrogen and oxygen atoms in total. The van der Waals surface area contributed by atoms with E-state index in [1.807, 2.05) is 36.4 Å². The van der Waals surface area contributed by atoms with Gasteiger partial charge >= 0.3 is 0 Å². The second kappa shape index (κ2) is 9.95. The third-order valence-electron chi connectivity index (χ3n) is 5.06. The van der Waals surface area contributed by atoms with Crippen molar-refractivity contribution in [3.8, 4) is 11.1 Å². The van der Waals surface area contributed by atoms with Crippen molar-refractivity contribution in [2.24, 2.45) is 0 Å². The van der Waals surface area contributed by atoms with Crippen LogP contribution in [0.5, 0.6) is 0 Å². The van der Waals surface area contributed by atoms with Crippen LogP contribution in [0.3, 0.4) is 0 Å². The Kier molecular flexibility index (Phi) is 6.84. The number of benzene rings is 2. The van der Waals surface area contributed by atoms with Crippen LogP contribution >= 0.6 is 0 Å². The minimum absolute atomic E-state index is 0.184. The van der Waals surface area contributed by atoms with Crippen molar-refractivity contribution in [2.45, 2.75) is 30.4 Å². The van der Waals surface area contributed by atoms with Gasteiger partial charge in [-0.05, 0) is 53.8 Å². The Bertz CT molecular complexity index is 1200. The van der Waals surface area contributed by atoms with Crippen LogP contribution in [0.15, 0.2) is 84.0 Å². The van der Waals surface area contributed by atoms with Crippen molar-refractivity contribution < 1.29 is 22.8 Å². The average Bonchev–Trinajstić information content (AvgIpc) is 3.33. The van der Waals surface area contributed by atoms with E-state index in [1.54, 1.807) is 24.3 Å². The van der Waals surface area contributed by atoms with E-state index in [-0.39, 0.29) is 4.90 Å². The minimum atomic E-state index is -3.77. The molecule has 3 aromatic rings. The zero-order valence-corrected chi connectivity index (χ0v) is 18.2. The van der Waals surface area contributed by atoms with Crippen molar-refractivity contribution in [1.29, 1.82) is 0 Å². The monoisotopic (exact) mass is 452 g/mol. The van der Waals surface area contributed by atoms with Crippen molar-refractivity contribution in [3.05, 3.63) is 84.7 Å². The van der Waals surface area contributed by atoms with E-state index in [1.165, 1.54) is 24.5 Å². The standard InChI is InChI=1S/C24H24N2O5S/c27-23(25-31-24-11-4-5-16-30-24)13-12-19-14-15-26(18-19)32(28,29)22-10-6-9-21(17-22)20-7-2-1-3-8-20/h1-3,6-10,12-15,17-18,24H,4-5,11,16H2,(H,25,27)/b13-12+. The van der Waals surface area contributed by atoms with Gasteiger partial charge in [-0.2, -0.15) is 0 Å². The molecule has 8 heteroatoms. The van der Waals surface area contributed by atoms with Gasteiger partial charge in [-0.15, -0.1) is 0 Å². The summed E-state index contributed by atoms with van der Waals surface area (Å²) in [6.07, 6.45) is 8.00. The van der Waals surface area contributed by atoms with Crippen LogP contribution in [-0.4, -0.2) is 31.2 Å². The lowest BCUT2D eigenvalue weighted by Crippen LogP contribution is -2.32. The van der Waals surface area contributed by atoms with Crippen LogP contribution in [0.4, 0.5) is 0 Å². The molecule has 1 saturated heterocycles. The highest BCUT2D eigenvalue weighted by atomic mass is 32.2. The molecule has 0 bridgehead atoms. The zero-order valence-electron chi connectivity index (χ0n) is 17.4. The number of hydrogen-bond donors (Lipinski definition) is 1. The van der Waals surface area contributed by atoms with Crippen LogP contribution in [0, 0.1) is 0 Å². The highest BCUT2D eigenvalue weighted by Crippen LogP contribution is 2.24. The second-order valence-electron chi connectivity index (χ2n) is 7.39. The van der Waals surface area contributed by atoms with Crippen LogP contribution < -0.4 is 5.48 Å². The minimum Gasteiger partial charge on any atom is -0.350 e. The van der Waals surface area contributed by atoms with Crippen LogP contribution in [0.2, 0.25) is 0 Å². The lowest BCUT2D eigenvalue weighted by Gasteiger charge is -2.21. The molecule has 0 aliphatic carbocycles. The molecule has 166 valence electrons. The van der Waals surface area contributed by atoms with E-state index in [0.29, 0.717) is 12.2 Å². The maximum atomic E-state index is 13.1. The average molecular weight is 453 g/mol. The van der Waals surface area contributed by atoms with E-state index in [4.69, 9.17) is 9.57 Å². The van der Waals surface area contributed by atoms with Crippen molar-refractivity contribution in [1.82, 2.24) is 9.45 Å². The lowest BCUT2D eigenvalue weighted by molar-refractivity contribution is -0.198. The molecule has 4 rings (SSSR count). The van der Waals surface area contributed by atoms with Gasteiger partial charge in [0.25, 0.3) is 15.9 Å². The van der Waals surface area contributed by atoms with Crippen LogP contribution in [0.25, 0.3) is 17.2 Å². The zero-order chi connectivity index (χ0) is 22.4. The maximum Gasteiger partial charge on any atom is 0.267 e. The highest BCUT2D eigenvalue weighted by Gasteiger charge is 2.18. The Morgan fingerprint density at radius 1 is 1.06 bits per heavy atom. The Balaban J connectivity index is 1.43. The smallest absolute Gasteiger partial charge is 0.267 e. The molecule has 2 heterocycles. The van der Waals surface area contributed by atoms with Crippen molar-refractivity contribution >= 4 is 22.0 Å². The molecule has 1 aliphatic rings. The SMILES string of the molecule is O=C(/C=C/c1ccn(S(=O)(=O)c2cccc(-c3ccccc3)c2)c1)NOC1CCCCO1. The number of carbonyl (C=O) groups is 1. The third-order valence-corrected chi connectivity index (χ3v) is 6.69. The summed E-state index contributed by atoms with van der Waals surface area (Å²) in [5.74, 6) is -0.453. The van der Waals surface area contributed by atoms with Gasteiger partial charge in [-0.1, -0.05) is 42.5 Å². The van der Waals surface area contributed by atoms with Gasteiger partial charge < -0.3 is 4.74 Å². The van der Waals surface area contributed by atoms with Crippen molar-refractivity contribution in [2.75, 3.05) is 6.61 Å². The molecule has 1 amide bonds. The molecular weight excluding hydrogens is 428 g/mol. The van der Waals surface area contributed by atoms with Gasteiger partial charge in [0.05, 0.1) is 4.90 Å². The summed E-state index contributed by atoms with van der Waals surface area (Å²) >= 11 is 0. The number of rotatable bonds is 7. The van der Waals surface area contributed by atoms with E-state index in [0.717, 1.165) is 34.4 Å². The molecule has 1 N–H and O–H groups in total. The topological polar surface area (TPSA) is 86.6 Å². The molecule has 1 aromatic heterocycles. The summed E-state index contributed by atoms with van der Waals surface area (Å²) in [6.45, 7) is 0.618. The summed E-state index contributed by atoms with van der Waals surface area (Å²) in [7, 11) is -3.77. The van der Waals surface area contributed by atoms with Gasteiger partial charge in [0, 0.05) is 31.5 Å². The Morgan fingerprint density at radius 3 is 2.66 bits per heavy atom. The second-order valence-corrected chi connectivity index (χ2v) is 9.23. The summed E-state index contributed by atoms with van der Waals surface area (Å²) < 4.78 is 32.7. The van der Waals surface area contributed by atoms with E-state index < -0.39 is 22.2 Å². The first-order valence-corrected chi connectivity index (χ1v) is 11.8. The predicted octanol–water partition coefficient (Wildman–Crippen LogP) is 3.98. The number of nitrogens with one attached hydrogen (secondary N) is 1. The molecule has 1 atom stereocenters. The number of carbonyl (C=O) groups excluding carboxylic acids is 1. The molecule has 1 fully saturated rings. The van der Waals surface area contributed by atoms with Crippen LogP contribution in [-0.2, 0) is 24.4 Å². The first-order valence-electron chi connectivity index (χ1n) is 10.4. The van der Waals surface area contributed by atoms with E-state index >= 15 is 0 Å². The van der Waals surface area contributed by atoms with Crippen LogP contribution in [0.1, 0.15) is 24.8 Å². The number of aromatic nitrogens is 1. The quantitative estimate of drug-likeness (QED) is 0.433. The summed E-state index contributed by atoms with van der Waals surface area (Å²) in [5, 5.41) is 0. The normalized spacial score (nSPS) is 16.8. The summed E-state index contributed by atoms with van der Waals surface area (Å²) in [5.41, 5.74) is 4.65. The fourth-order valence-electron chi connectivity index (χ4n) is 3.36. The molecule has 0 radical (unpaired) electrons. The Labute approximate surface area is 187 Å². The molecule has 0 saturated carbocycles. The first-order chi connectivity index (χ1) is 15.5. The van der Waals surface area contributed by atoms with E-state index in [2.05, 4.69) is 5.48 Å². The van der Waals surface area contributed by atoms with Gasteiger partial charge in [0.15, 0.2) is 6.29 Å². The Hall–Kier alpha value is -3.20. The number of nitrogens with zero attached hydrogens (tertiary/aromatic N) is 1. The molecule has 1 unspecified atom stereocenters. The largest absolute Gasteiger partial charge is 0.350 e. The first kappa shape index (κ1) is 22.0.